The lowest BCUT2D eigenvalue weighted by Gasteiger charge is -2.23. The molecule has 1 aliphatic heterocycles. The maximum Gasteiger partial charge on any atom is 0.418 e. The molecule has 2 nitrogen and oxygen atoms in total. The van der Waals surface area contributed by atoms with Crippen LogP contribution in [0.15, 0.2) is 22.7 Å². The van der Waals surface area contributed by atoms with E-state index in [1.165, 1.54) is 0 Å². The zero-order valence-electron chi connectivity index (χ0n) is 12.2. The highest BCUT2D eigenvalue weighted by Gasteiger charge is 2.36. The molecule has 0 aliphatic carbocycles. The lowest BCUT2D eigenvalue weighted by molar-refractivity contribution is -0.137. The molecule has 1 aliphatic rings. The molecule has 2 rings (SSSR count). The van der Waals surface area contributed by atoms with E-state index in [4.69, 9.17) is 0 Å². The second-order valence-corrected chi connectivity index (χ2v) is 6.74. The van der Waals surface area contributed by atoms with Crippen LogP contribution in [0.25, 0.3) is 0 Å². The van der Waals surface area contributed by atoms with Crippen molar-refractivity contribution in [2.24, 2.45) is 5.92 Å². The normalized spacial score (nSPS) is 19.6. The molecule has 0 amide bonds. The van der Waals surface area contributed by atoms with Crippen molar-refractivity contribution in [3.05, 3.63) is 28.2 Å². The Labute approximate surface area is 131 Å². The lowest BCUT2D eigenvalue weighted by Crippen LogP contribution is -2.31. The molecule has 1 unspecified atom stereocenters. The smallest absolute Gasteiger partial charge is 0.371 e. The number of alkyl halides is 3. The minimum absolute atomic E-state index is 0.290. The van der Waals surface area contributed by atoms with E-state index in [9.17, 15) is 13.2 Å². The highest BCUT2D eigenvalue weighted by Crippen LogP contribution is 2.39. The average molecular weight is 365 g/mol. The van der Waals surface area contributed by atoms with Gasteiger partial charge in [-0.15, -0.1) is 0 Å². The largest absolute Gasteiger partial charge is 0.418 e. The quantitative estimate of drug-likeness (QED) is 0.856. The summed E-state index contributed by atoms with van der Waals surface area (Å²) >= 11 is 3.12. The van der Waals surface area contributed by atoms with Crippen LogP contribution in [0.3, 0.4) is 0 Å². The van der Waals surface area contributed by atoms with Gasteiger partial charge in [0.2, 0.25) is 0 Å². The SMILES string of the molecule is CC(C)NCC1CCN(c2ccc(Br)cc2C(F)(F)F)C1. The number of hydrogen-bond acceptors (Lipinski definition) is 2. The molecule has 1 atom stereocenters. The maximum absolute atomic E-state index is 13.2. The van der Waals surface area contributed by atoms with Gasteiger partial charge in [-0.05, 0) is 37.1 Å². The molecule has 1 fully saturated rings. The van der Waals surface area contributed by atoms with E-state index in [-0.39, 0.29) is 5.69 Å². The van der Waals surface area contributed by atoms with Crippen molar-refractivity contribution >= 4 is 21.6 Å². The molecule has 0 saturated carbocycles. The van der Waals surface area contributed by atoms with Crippen molar-refractivity contribution in [3.8, 4) is 0 Å². The molecule has 1 heterocycles. The van der Waals surface area contributed by atoms with E-state index in [1.807, 2.05) is 4.90 Å². The number of halogens is 4. The maximum atomic E-state index is 13.2. The lowest BCUT2D eigenvalue weighted by atomic mass is 10.1. The first-order valence-corrected chi connectivity index (χ1v) is 7.91. The molecular weight excluding hydrogens is 345 g/mol. The molecule has 6 heteroatoms. The van der Waals surface area contributed by atoms with Crippen molar-refractivity contribution < 1.29 is 13.2 Å². The number of benzene rings is 1. The van der Waals surface area contributed by atoms with E-state index in [0.717, 1.165) is 19.0 Å². The Morgan fingerprint density at radius 2 is 2.10 bits per heavy atom. The third-order valence-corrected chi connectivity index (χ3v) is 4.20. The summed E-state index contributed by atoms with van der Waals surface area (Å²) in [6, 6.07) is 4.79. The third-order valence-electron chi connectivity index (χ3n) is 3.71. The summed E-state index contributed by atoms with van der Waals surface area (Å²) in [5.41, 5.74) is -0.271. The Morgan fingerprint density at radius 3 is 2.71 bits per heavy atom. The fraction of sp³-hybridized carbons (Fsp3) is 0.600. The molecular formula is C15H20BrF3N2. The molecule has 118 valence electrons. The van der Waals surface area contributed by atoms with Crippen LogP contribution in [0.1, 0.15) is 25.8 Å². The van der Waals surface area contributed by atoms with Crippen molar-refractivity contribution in [3.63, 3.8) is 0 Å². The average Bonchev–Trinajstić information content (AvgIpc) is 2.84. The molecule has 1 N–H and O–H groups in total. The highest BCUT2D eigenvalue weighted by atomic mass is 79.9. The number of rotatable bonds is 4. The summed E-state index contributed by atoms with van der Waals surface area (Å²) in [5, 5.41) is 3.36. The highest BCUT2D eigenvalue weighted by molar-refractivity contribution is 9.10. The summed E-state index contributed by atoms with van der Waals surface area (Å²) in [4.78, 5) is 1.85. The summed E-state index contributed by atoms with van der Waals surface area (Å²) in [6.07, 6.45) is -3.40. The zero-order chi connectivity index (χ0) is 15.6. The summed E-state index contributed by atoms with van der Waals surface area (Å²) in [6.45, 7) is 6.35. The molecule has 1 saturated heterocycles. The minimum atomic E-state index is -4.33. The monoisotopic (exact) mass is 364 g/mol. The molecule has 0 spiro atoms. The molecule has 1 aromatic carbocycles. The van der Waals surface area contributed by atoms with Gasteiger partial charge < -0.3 is 10.2 Å². The van der Waals surface area contributed by atoms with E-state index in [0.29, 0.717) is 29.5 Å². The van der Waals surface area contributed by atoms with Crippen LogP contribution in [-0.4, -0.2) is 25.7 Å². The third kappa shape index (κ3) is 4.36. The second-order valence-electron chi connectivity index (χ2n) is 5.82. The van der Waals surface area contributed by atoms with Crippen molar-refractivity contribution in [1.29, 1.82) is 0 Å². The molecule has 21 heavy (non-hydrogen) atoms. The summed E-state index contributed by atoms with van der Waals surface area (Å²) < 4.78 is 40.0. The van der Waals surface area contributed by atoms with Crippen molar-refractivity contribution in [2.75, 3.05) is 24.5 Å². The number of hydrogen-bond donors (Lipinski definition) is 1. The van der Waals surface area contributed by atoms with Crippen molar-refractivity contribution in [2.45, 2.75) is 32.5 Å². The predicted octanol–water partition coefficient (Wildman–Crippen LogP) is 4.29. The first-order chi connectivity index (χ1) is 9.77. The summed E-state index contributed by atoms with van der Waals surface area (Å²) in [7, 11) is 0. The van der Waals surface area contributed by atoms with Crippen LogP contribution < -0.4 is 10.2 Å². The molecule has 0 aromatic heterocycles. The Morgan fingerprint density at radius 1 is 1.38 bits per heavy atom. The fourth-order valence-corrected chi connectivity index (χ4v) is 2.99. The van der Waals surface area contributed by atoms with E-state index in [1.54, 1.807) is 12.1 Å². The second kappa shape index (κ2) is 6.57. The fourth-order valence-electron chi connectivity index (χ4n) is 2.63. The van der Waals surface area contributed by atoms with E-state index >= 15 is 0 Å². The topological polar surface area (TPSA) is 15.3 Å². The van der Waals surface area contributed by atoms with Gasteiger partial charge in [-0.1, -0.05) is 29.8 Å². The minimum Gasteiger partial charge on any atom is -0.371 e. The number of nitrogens with zero attached hydrogens (tertiary/aromatic N) is 1. The van der Waals surface area contributed by atoms with Gasteiger partial charge in [0.15, 0.2) is 0 Å². The zero-order valence-corrected chi connectivity index (χ0v) is 13.8. The van der Waals surface area contributed by atoms with Crippen molar-refractivity contribution in [1.82, 2.24) is 5.32 Å². The molecule has 0 radical (unpaired) electrons. The molecule has 1 aromatic rings. The van der Waals surface area contributed by atoms with Crippen LogP contribution in [0.2, 0.25) is 0 Å². The van der Waals surface area contributed by atoms with Crippen LogP contribution in [0, 0.1) is 5.92 Å². The van der Waals surface area contributed by atoms with Gasteiger partial charge >= 0.3 is 6.18 Å². The van der Waals surface area contributed by atoms with Crippen LogP contribution in [0.5, 0.6) is 0 Å². The Hall–Kier alpha value is -0.750. The van der Waals surface area contributed by atoms with Crippen LogP contribution in [0.4, 0.5) is 18.9 Å². The van der Waals surface area contributed by atoms with Gasteiger partial charge in [0, 0.05) is 29.3 Å². The first kappa shape index (κ1) is 16.6. The predicted molar refractivity (Wildman–Crippen MR) is 82.6 cm³/mol. The van der Waals surface area contributed by atoms with Crippen LogP contribution in [-0.2, 0) is 6.18 Å². The number of nitrogens with one attached hydrogen (secondary N) is 1. The summed E-state index contributed by atoms with van der Waals surface area (Å²) in [5.74, 6) is 0.400. The van der Waals surface area contributed by atoms with E-state index < -0.39 is 11.7 Å². The van der Waals surface area contributed by atoms with Crippen LogP contribution >= 0.6 is 15.9 Å². The van der Waals surface area contributed by atoms with Gasteiger partial charge in [-0.25, -0.2) is 0 Å². The van der Waals surface area contributed by atoms with Gasteiger partial charge in [0.1, 0.15) is 0 Å². The Kier molecular flexibility index (Phi) is 5.20. The van der Waals surface area contributed by atoms with E-state index in [2.05, 4.69) is 35.1 Å². The Bertz CT molecular complexity index is 488. The standard InChI is InChI=1S/C15H20BrF3N2/c1-10(2)20-8-11-5-6-21(9-11)14-4-3-12(16)7-13(14)15(17,18)19/h3-4,7,10-11,20H,5-6,8-9H2,1-2H3. The van der Waals surface area contributed by atoms with Gasteiger partial charge in [0.25, 0.3) is 0 Å². The number of anilines is 1. The van der Waals surface area contributed by atoms with Gasteiger partial charge in [-0.2, -0.15) is 13.2 Å². The first-order valence-electron chi connectivity index (χ1n) is 7.12. The van der Waals surface area contributed by atoms with Gasteiger partial charge in [-0.3, -0.25) is 0 Å². The van der Waals surface area contributed by atoms with Gasteiger partial charge in [0.05, 0.1) is 5.56 Å². The molecule has 0 bridgehead atoms. The Balaban J connectivity index is 2.13.